The second-order valence-corrected chi connectivity index (χ2v) is 31.1. The van der Waals surface area contributed by atoms with Crippen molar-refractivity contribution in [2.75, 3.05) is 142 Å². The third kappa shape index (κ3) is 13.1. The first-order valence-electron chi connectivity index (χ1n) is 39.1. The Morgan fingerprint density at radius 2 is 0.719 bits per heavy atom. The van der Waals surface area contributed by atoms with Crippen molar-refractivity contribution in [3.8, 4) is 12.1 Å². The zero-order chi connectivity index (χ0) is 78.9. The predicted molar refractivity (Wildman–Crippen MR) is 455 cm³/mol. The van der Waals surface area contributed by atoms with Gasteiger partial charge in [0.1, 0.15) is 34.7 Å². The third-order valence-electron chi connectivity index (χ3n) is 23.4. The van der Waals surface area contributed by atoms with Gasteiger partial charge in [-0.05, 0) is 193 Å². The monoisotopic (exact) mass is 1520 g/mol. The number of amides is 2. The topological polar surface area (TPSA) is 252 Å². The molecule has 2 N–H and O–H groups in total. The summed E-state index contributed by atoms with van der Waals surface area (Å²) in [4.78, 5) is 82.3. The van der Waals surface area contributed by atoms with Gasteiger partial charge in [0.25, 0.3) is 11.8 Å². The molecule has 4 fully saturated rings. The van der Waals surface area contributed by atoms with Gasteiger partial charge in [-0.25, -0.2) is 39.9 Å². The van der Waals surface area contributed by atoms with Gasteiger partial charge in [-0.15, -0.1) is 0 Å². The number of hydrogen-bond acceptors (Lipinski definition) is 20. The van der Waals surface area contributed by atoms with Crippen molar-refractivity contribution < 1.29 is 9.59 Å². The van der Waals surface area contributed by atoms with Crippen LogP contribution in [0.1, 0.15) is 70.1 Å². The van der Waals surface area contributed by atoms with Crippen LogP contribution in [-0.2, 0) is 0 Å². The number of pyridine rings is 8. The third-order valence-corrected chi connectivity index (χ3v) is 23.4. The largest absolute Gasteiger partial charge is 0.369 e. The van der Waals surface area contributed by atoms with E-state index in [4.69, 9.17) is 29.9 Å². The molecule has 576 valence electrons. The summed E-state index contributed by atoms with van der Waals surface area (Å²) in [6.07, 6.45) is 10.1. The molecule has 26 heteroatoms. The lowest BCUT2D eigenvalue weighted by Gasteiger charge is -2.23. The summed E-state index contributed by atoms with van der Waals surface area (Å²) < 4.78 is 8.10. The molecule has 2 amide bonds. The van der Waals surface area contributed by atoms with Crippen molar-refractivity contribution in [2.24, 2.45) is 0 Å². The minimum Gasteiger partial charge on any atom is -0.369 e. The standard InChI is InChI=1S/C23H26N6O.C22H24N6O.C22H22N6.C21H20N6/c1-4-24-23(30)17-13-16-19(28-12-10-15(14-28)27(2)3)9-11-25-21(16)29-20-8-6-5-7-18(20)26-22(17)29;1-23-22(29)16-12-15-18(27-11-9-14(13-27)26(2)3)8-10-24-20(15)28-19-7-5-4-6-17(19)25-21(16)28;1-14-10-20(27-9-8-16(13-27)26(2)3)17-11-15(12-23)21-25-18-6-4-5-7-19(18)28(21)22(17)24-14;1-25(2)15-8-10-26(13-15)18-7-9-23-21-16(18)11-14(12-22)20-24-17-5-3-4-6-19(17)27(20)21/h5-9,11,13,15H,4,10,12,14H2,1-3H3,(H,24,30);4-8,10,12,14H,9,11,13H2,1-3H3,(H,23,29);4-7,10-11,16H,8-9,13H2,1-3H3;3-7,9,11,15H,8,10,13H2,1-2H3/t15-;14-;16-;15-/m0010/s1. The first kappa shape index (κ1) is 74.0. The van der Waals surface area contributed by atoms with Gasteiger partial charge in [0.15, 0.2) is 22.6 Å². The van der Waals surface area contributed by atoms with Gasteiger partial charge in [-0.1, -0.05) is 48.5 Å². The lowest BCUT2D eigenvalue weighted by molar-refractivity contribution is 0.0951. The Balaban J connectivity index is 0.000000110. The second kappa shape index (κ2) is 30.4. The number of rotatable bonds is 11. The van der Waals surface area contributed by atoms with Crippen LogP contribution in [0, 0.1) is 29.6 Å². The van der Waals surface area contributed by atoms with Gasteiger partial charge in [0.2, 0.25) is 0 Å². The van der Waals surface area contributed by atoms with Gasteiger partial charge in [-0.2, -0.15) is 10.5 Å². The van der Waals surface area contributed by atoms with Crippen LogP contribution in [0.15, 0.2) is 164 Å². The summed E-state index contributed by atoms with van der Waals surface area (Å²) in [5.74, 6) is -0.253. The van der Waals surface area contributed by atoms with Crippen LogP contribution in [0.5, 0.6) is 0 Å². The molecule has 26 nitrogen and oxygen atoms in total. The van der Waals surface area contributed by atoms with E-state index in [1.54, 1.807) is 7.05 Å². The lowest BCUT2D eigenvalue weighted by atomic mass is 10.1. The highest BCUT2D eigenvalue weighted by molar-refractivity contribution is 6.09. The van der Waals surface area contributed by atoms with Crippen LogP contribution in [-0.4, -0.2) is 235 Å². The molecule has 16 aromatic rings. The molecule has 4 atom stereocenters. The van der Waals surface area contributed by atoms with Crippen molar-refractivity contribution >= 4 is 145 Å². The van der Waals surface area contributed by atoms with Gasteiger partial charge in [0.05, 0.1) is 66.4 Å². The van der Waals surface area contributed by atoms with E-state index in [9.17, 15) is 20.1 Å². The molecule has 16 heterocycles. The first-order chi connectivity index (χ1) is 55.4. The number of nitriles is 2. The molecule has 0 radical (unpaired) electrons. The highest BCUT2D eigenvalue weighted by atomic mass is 16.2. The van der Waals surface area contributed by atoms with E-state index in [0.29, 0.717) is 75.6 Å². The number of aromatic nitrogens is 12. The molecule has 4 aliphatic heterocycles. The average Bonchev–Trinajstić information content (AvgIpc) is 1.56. The maximum Gasteiger partial charge on any atom is 0.255 e. The quantitative estimate of drug-likeness (QED) is 0.122. The molecule has 0 aliphatic carbocycles. The van der Waals surface area contributed by atoms with Gasteiger partial charge in [0, 0.05) is 159 Å². The number of carbonyl (C=O) groups excluding carboxylic acids is 2. The number of nitrogens with one attached hydrogen (secondary N) is 2. The summed E-state index contributed by atoms with van der Waals surface area (Å²) in [6.45, 7) is 12.4. The van der Waals surface area contributed by atoms with E-state index in [1.165, 1.54) is 0 Å². The van der Waals surface area contributed by atoms with Crippen LogP contribution in [0.2, 0.25) is 0 Å². The zero-order valence-electron chi connectivity index (χ0n) is 66.2. The maximum absolute atomic E-state index is 12.9. The summed E-state index contributed by atoms with van der Waals surface area (Å²) in [6, 6.07) is 54.8. The fraction of sp³-hybridized carbons (Fsp3) is 0.318. The SMILES string of the molecule is CCNC(=O)c1cc2c(N3CC[C@H](N(C)C)C3)ccnc2n2c1nc1ccccc12.CN(C)[C@H]1CCN(c2ccnc3c2cc(C#N)c2nc4ccccc4n23)C1.CNC(=O)c1cc2c(N3CC[C@H](N(C)C)C3)ccnc2n2c1nc1ccccc12.Cc1cc(N2CC[C@@H](N(C)C)C2)c2cc(C#N)c3nc4ccccc4n3c2n1. The number of para-hydroxylation sites is 8. The van der Waals surface area contributed by atoms with Crippen LogP contribution >= 0.6 is 0 Å². The number of imidazole rings is 4. The lowest BCUT2D eigenvalue weighted by Crippen LogP contribution is -2.31. The van der Waals surface area contributed by atoms with Gasteiger partial charge in [-0.3, -0.25) is 27.2 Å². The number of carbonyl (C=O) groups is 2. The highest BCUT2D eigenvalue weighted by Crippen LogP contribution is 2.39. The average molecular weight is 1520 g/mol. The maximum atomic E-state index is 12.9. The molecule has 12 aromatic heterocycles. The Kier molecular flexibility index (Phi) is 19.8. The van der Waals surface area contributed by atoms with E-state index in [1.807, 2.05) is 171 Å². The van der Waals surface area contributed by atoms with Crippen molar-refractivity contribution in [3.05, 3.63) is 192 Å². The van der Waals surface area contributed by atoms with Crippen LogP contribution in [0.25, 0.3) is 111 Å². The Hall–Kier alpha value is -12.7. The minimum atomic E-state index is -0.144. The minimum absolute atomic E-state index is 0.109. The molecule has 0 spiro atoms. The number of likely N-dealkylation sites (N-methyl/N-ethyl adjacent to an activating group) is 4. The Morgan fingerprint density at radius 1 is 0.404 bits per heavy atom. The Bertz CT molecular complexity index is 6560. The normalized spacial score (nSPS) is 17.2. The molecular weight excluding hydrogens is 1430 g/mol. The van der Waals surface area contributed by atoms with Crippen molar-refractivity contribution in [2.45, 2.75) is 63.7 Å². The summed E-state index contributed by atoms with van der Waals surface area (Å²) in [5.41, 5.74) is 21.1. The molecule has 0 unspecified atom stereocenters. The zero-order valence-corrected chi connectivity index (χ0v) is 66.2. The smallest absolute Gasteiger partial charge is 0.255 e. The first-order valence-corrected chi connectivity index (χ1v) is 39.1. The summed E-state index contributed by atoms with van der Waals surface area (Å²) in [7, 11) is 18.7. The van der Waals surface area contributed by atoms with Crippen LogP contribution in [0.3, 0.4) is 0 Å². The van der Waals surface area contributed by atoms with Crippen molar-refractivity contribution in [1.29, 1.82) is 10.5 Å². The Morgan fingerprint density at radius 3 is 1.06 bits per heavy atom. The van der Waals surface area contributed by atoms with Crippen LogP contribution < -0.4 is 30.2 Å². The molecule has 4 saturated heterocycles. The number of hydrogen-bond donors (Lipinski definition) is 2. The van der Waals surface area contributed by atoms with Gasteiger partial charge >= 0.3 is 0 Å². The van der Waals surface area contributed by atoms with Gasteiger partial charge < -0.3 is 49.8 Å². The summed E-state index contributed by atoms with van der Waals surface area (Å²) in [5, 5.41) is 29.2. The number of anilines is 4. The van der Waals surface area contributed by atoms with E-state index in [-0.39, 0.29) is 11.8 Å². The molecular formula is C88H92N24O2. The van der Waals surface area contributed by atoms with Crippen LogP contribution in [0.4, 0.5) is 22.7 Å². The fourth-order valence-electron chi connectivity index (χ4n) is 17.3. The molecule has 0 bridgehead atoms. The predicted octanol–water partition coefficient (Wildman–Crippen LogP) is 11.9. The second-order valence-electron chi connectivity index (χ2n) is 31.1. The van der Waals surface area contributed by atoms with E-state index in [0.717, 1.165) is 195 Å². The highest BCUT2D eigenvalue weighted by Gasteiger charge is 2.33. The fourth-order valence-corrected chi connectivity index (χ4v) is 17.3. The van der Waals surface area contributed by atoms with Crippen molar-refractivity contribution in [1.82, 2.24) is 87.7 Å². The molecule has 4 aliphatic rings. The molecule has 20 rings (SSSR count). The van der Waals surface area contributed by atoms with Crippen molar-refractivity contribution in [3.63, 3.8) is 0 Å². The number of fused-ring (bicyclic) bond motifs is 20. The number of aryl methyl sites for hydroxylation is 1. The molecule has 114 heavy (non-hydrogen) atoms. The summed E-state index contributed by atoms with van der Waals surface area (Å²) >= 11 is 0. The Labute approximate surface area is 659 Å². The molecule has 4 aromatic carbocycles. The van der Waals surface area contributed by atoms with E-state index >= 15 is 0 Å². The van der Waals surface area contributed by atoms with E-state index in [2.05, 4.69) is 153 Å². The number of nitrogens with zero attached hydrogens (tertiary/aromatic N) is 22. The number of benzene rings is 4. The molecule has 0 saturated carbocycles. The van der Waals surface area contributed by atoms with E-state index < -0.39 is 0 Å².